The van der Waals surface area contributed by atoms with E-state index < -0.39 is 11.4 Å². The summed E-state index contributed by atoms with van der Waals surface area (Å²) in [6.07, 6.45) is 13.5. The number of aliphatic hydroxyl groups excluding tert-OH is 1. The summed E-state index contributed by atoms with van der Waals surface area (Å²) in [7, 11) is 0. The van der Waals surface area contributed by atoms with Gasteiger partial charge in [-0.05, 0) is 86.4 Å². The van der Waals surface area contributed by atoms with Gasteiger partial charge >= 0.3 is 5.97 Å². The van der Waals surface area contributed by atoms with Crippen LogP contribution in [0.3, 0.4) is 0 Å². The van der Waals surface area contributed by atoms with Gasteiger partial charge in [-0.15, -0.1) is 11.3 Å². The van der Waals surface area contributed by atoms with Gasteiger partial charge in [0.2, 0.25) is 11.5 Å². The third-order valence-electron chi connectivity index (χ3n) is 11.4. The van der Waals surface area contributed by atoms with E-state index in [0.29, 0.717) is 16.0 Å². The van der Waals surface area contributed by atoms with Crippen LogP contribution < -0.4 is 4.90 Å². The number of hydrogen-bond donors (Lipinski definition) is 2. The fourth-order valence-electron chi connectivity index (χ4n) is 7.93. The maximum atomic E-state index is 13.7. The lowest BCUT2D eigenvalue weighted by molar-refractivity contribution is -0.438. The molecule has 0 bridgehead atoms. The largest absolute Gasteiger partial charge is 0.506 e. The molecule has 306 valence electrons. The zero-order valence-corrected chi connectivity index (χ0v) is 36.4. The SMILES string of the molecule is CCCCN(CCCC)c1ccc(/C=C/C2=C(O)C(=C\C3=[N+](CCCC)c4ccc(-c5ccc(-c6ccc(/C=C(/C#N)C(=O)O)s6)c6nsnc56)cc4C3(C)C)/C2=O)cc1. The molecule has 0 spiro atoms. The number of thiophene rings is 1. The molecule has 0 atom stereocenters. The minimum absolute atomic E-state index is 0.0216. The number of unbranched alkanes of at least 4 members (excludes halogenated alkanes) is 3. The van der Waals surface area contributed by atoms with Gasteiger partial charge in [0.1, 0.15) is 35.0 Å². The smallest absolute Gasteiger partial charge is 0.346 e. The summed E-state index contributed by atoms with van der Waals surface area (Å²) >= 11 is 2.53. The first-order valence-electron chi connectivity index (χ1n) is 20.7. The number of aromatic nitrogens is 2. The Morgan fingerprint density at radius 2 is 1.58 bits per heavy atom. The molecule has 0 saturated carbocycles. The maximum absolute atomic E-state index is 13.7. The van der Waals surface area contributed by atoms with Crippen LogP contribution in [0.25, 0.3) is 44.8 Å². The number of carboxylic acid groups (broad SMARTS) is 1. The normalized spacial score (nSPS) is 15.6. The molecule has 9 nitrogen and oxygen atoms in total. The van der Waals surface area contributed by atoms with E-state index in [0.717, 1.165) is 125 Å². The Morgan fingerprint density at radius 3 is 2.23 bits per heavy atom. The topological polar surface area (TPSA) is 130 Å². The van der Waals surface area contributed by atoms with E-state index in [1.54, 1.807) is 18.2 Å². The zero-order chi connectivity index (χ0) is 42.6. The van der Waals surface area contributed by atoms with Crippen molar-refractivity contribution in [3.05, 3.63) is 117 Å². The van der Waals surface area contributed by atoms with Crippen molar-refractivity contribution in [2.75, 3.05) is 24.5 Å². The van der Waals surface area contributed by atoms with Gasteiger partial charge in [0.15, 0.2) is 5.71 Å². The van der Waals surface area contributed by atoms with E-state index in [2.05, 4.69) is 90.9 Å². The molecule has 2 aliphatic rings. The molecule has 0 amide bonds. The average molecular weight is 837 g/mol. The van der Waals surface area contributed by atoms with E-state index in [4.69, 9.17) is 4.37 Å². The summed E-state index contributed by atoms with van der Waals surface area (Å²) in [6.45, 7) is 13.8. The molecule has 2 N–H and O–H groups in total. The van der Waals surface area contributed by atoms with E-state index in [9.17, 15) is 25.1 Å². The second-order valence-electron chi connectivity index (χ2n) is 15.8. The van der Waals surface area contributed by atoms with Crippen LogP contribution in [0.15, 0.2) is 101 Å². The number of ketones is 1. The average Bonchev–Trinajstić information content (AvgIpc) is 3.98. The predicted octanol–water partition coefficient (Wildman–Crippen LogP) is 11.7. The summed E-state index contributed by atoms with van der Waals surface area (Å²) in [5.74, 6) is -1.40. The van der Waals surface area contributed by atoms with Gasteiger partial charge in [0.05, 0.1) is 28.3 Å². The number of Topliss-reactive ketones (excluding diaryl/α,β-unsaturated/α-hetero) is 1. The van der Waals surface area contributed by atoms with Crippen molar-refractivity contribution >= 4 is 75.1 Å². The number of carboxylic acids is 1. The number of rotatable bonds is 17. The van der Waals surface area contributed by atoms with Crippen LogP contribution in [-0.2, 0) is 15.0 Å². The Morgan fingerprint density at radius 1 is 0.900 bits per heavy atom. The van der Waals surface area contributed by atoms with Gasteiger partial charge in [0.25, 0.3) is 0 Å². The highest BCUT2D eigenvalue weighted by atomic mass is 32.1. The zero-order valence-electron chi connectivity index (χ0n) is 34.8. The first-order valence-corrected chi connectivity index (χ1v) is 22.3. The van der Waals surface area contributed by atoms with Crippen molar-refractivity contribution in [3.8, 4) is 27.6 Å². The lowest BCUT2D eigenvalue weighted by Gasteiger charge is -2.24. The number of carbonyl (C=O) groups is 2. The molecule has 11 heteroatoms. The van der Waals surface area contributed by atoms with Crippen LogP contribution >= 0.6 is 23.1 Å². The Labute approximate surface area is 360 Å². The van der Waals surface area contributed by atoms with Crippen molar-refractivity contribution in [1.29, 1.82) is 5.26 Å². The van der Waals surface area contributed by atoms with Crippen LogP contribution in [0.5, 0.6) is 0 Å². The number of nitrogens with zero attached hydrogens (tertiary/aromatic N) is 5. The third-order valence-corrected chi connectivity index (χ3v) is 13.0. The summed E-state index contributed by atoms with van der Waals surface area (Å²) in [5.41, 5.74) is 9.51. The standard InChI is InChI=1S/C49H49N5O4S2/c1-6-9-24-53(25-10-7-2)34-16-12-31(13-17-34)14-19-38-46(55)39(47(38)56)29-43-49(4,5)40-28-32(15-22-41(40)54(43)26-11-8-3)36-20-21-37(45-44(36)51-60-52-45)42-23-18-35(59-42)27-33(30-50)48(57)58/h12-23,27-29H,6-11,24-26H2,1-5H3,(H-,55,56,57,58)/p+1/b33-27-. The van der Waals surface area contributed by atoms with E-state index in [-0.39, 0.29) is 17.1 Å². The monoisotopic (exact) mass is 836 g/mol. The van der Waals surface area contributed by atoms with Crippen LogP contribution in [0.1, 0.15) is 89.1 Å². The Bertz CT molecular complexity index is 2660. The first-order chi connectivity index (χ1) is 29.0. The molecule has 7 rings (SSSR count). The molecule has 60 heavy (non-hydrogen) atoms. The van der Waals surface area contributed by atoms with Gasteiger partial charge in [-0.25, -0.2) is 4.79 Å². The van der Waals surface area contributed by atoms with Crippen LogP contribution in [0, 0.1) is 11.3 Å². The number of anilines is 1. The van der Waals surface area contributed by atoms with Crippen molar-refractivity contribution < 1.29 is 24.4 Å². The number of benzene rings is 3. The number of carbonyl (C=O) groups excluding carboxylic acids is 1. The van der Waals surface area contributed by atoms with Crippen LogP contribution in [0.2, 0.25) is 0 Å². The molecule has 2 aromatic heterocycles. The highest BCUT2D eigenvalue weighted by Crippen LogP contribution is 2.45. The fraction of sp³-hybridized carbons (Fsp3) is 0.306. The molecule has 1 aliphatic heterocycles. The highest BCUT2D eigenvalue weighted by Gasteiger charge is 2.46. The van der Waals surface area contributed by atoms with Crippen LogP contribution in [-0.4, -0.2) is 60.6 Å². The Hall–Kier alpha value is -5.96. The lowest BCUT2D eigenvalue weighted by Crippen LogP contribution is -2.31. The minimum Gasteiger partial charge on any atom is -0.506 e. The van der Waals surface area contributed by atoms with Crippen LogP contribution in [0.4, 0.5) is 11.4 Å². The molecule has 5 aromatic rings. The highest BCUT2D eigenvalue weighted by molar-refractivity contribution is 7.16. The van der Waals surface area contributed by atoms with Crippen molar-refractivity contribution in [2.45, 2.75) is 78.6 Å². The van der Waals surface area contributed by atoms with Gasteiger partial charge in [-0.1, -0.05) is 70.4 Å². The second-order valence-corrected chi connectivity index (χ2v) is 17.5. The molecule has 3 heterocycles. The number of aliphatic hydroxyl groups is 1. The van der Waals surface area contributed by atoms with E-state index >= 15 is 0 Å². The van der Waals surface area contributed by atoms with Crippen molar-refractivity contribution in [1.82, 2.24) is 8.75 Å². The molecule has 1 aliphatic carbocycles. The Kier molecular flexibility index (Phi) is 12.7. The summed E-state index contributed by atoms with van der Waals surface area (Å²) in [5, 5.41) is 29.8. The molecule has 0 unspecified atom stereocenters. The van der Waals surface area contributed by atoms with Gasteiger partial charge in [0, 0.05) is 63.8 Å². The second kappa shape index (κ2) is 18.1. The number of nitriles is 1. The third kappa shape index (κ3) is 8.27. The molecule has 0 saturated heterocycles. The number of allylic oxidation sites excluding steroid dienone is 4. The van der Waals surface area contributed by atoms with E-state index in [1.165, 1.54) is 23.1 Å². The fourth-order valence-corrected chi connectivity index (χ4v) is 9.48. The summed E-state index contributed by atoms with van der Waals surface area (Å²) < 4.78 is 11.7. The molecule has 3 aromatic carbocycles. The lowest BCUT2D eigenvalue weighted by atomic mass is 9.78. The first kappa shape index (κ1) is 42.2. The van der Waals surface area contributed by atoms with Crippen molar-refractivity contribution in [3.63, 3.8) is 0 Å². The Balaban J connectivity index is 1.16. The van der Waals surface area contributed by atoms with Gasteiger partial charge < -0.3 is 15.1 Å². The molecular formula is C49H50N5O4S2+. The molecule has 0 fully saturated rings. The maximum Gasteiger partial charge on any atom is 0.346 e. The summed E-state index contributed by atoms with van der Waals surface area (Å²) in [4.78, 5) is 29.1. The number of hydrogen-bond acceptors (Lipinski definition) is 9. The number of aliphatic carboxylic acids is 1. The van der Waals surface area contributed by atoms with Gasteiger partial charge in [-0.2, -0.15) is 18.6 Å². The predicted molar refractivity (Wildman–Crippen MR) is 245 cm³/mol. The quantitative estimate of drug-likeness (QED) is 0.0538. The minimum atomic E-state index is -1.26. The van der Waals surface area contributed by atoms with Gasteiger partial charge in [-0.3, -0.25) is 4.79 Å². The number of fused-ring (bicyclic) bond motifs is 2. The molecule has 0 radical (unpaired) electrons. The van der Waals surface area contributed by atoms with Crippen molar-refractivity contribution in [2.24, 2.45) is 0 Å². The molecular weight excluding hydrogens is 787 g/mol. The summed E-state index contributed by atoms with van der Waals surface area (Å²) in [6, 6.07) is 24.4. The van der Waals surface area contributed by atoms with E-state index in [1.807, 2.05) is 30.4 Å².